The van der Waals surface area contributed by atoms with Crippen LogP contribution in [0.3, 0.4) is 0 Å². The number of amides is 2. The zero-order valence-electron chi connectivity index (χ0n) is 20.8. The molecule has 1 aliphatic heterocycles. The van der Waals surface area contributed by atoms with E-state index in [1.165, 1.54) is 24.4 Å². The first kappa shape index (κ1) is 26.5. The quantitative estimate of drug-likeness (QED) is 0.101. The van der Waals surface area contributed by atoms with Crippen molar-refractivity contribution in [1.29, 1.82) is 0 Å². The van der Waals surface area contributed by atoms with Crippen molar-refractivity contribution in [3.8, 4) is 11.6 Å². The van der Waals surface area contributed by atoms with E-state index in [0.29, 0.717) is 35.3 Å². The van der Waals surface area contributed by atoms with Crippen molar-refractivity contribution in [1.82, 2.24) is 19.8 Å². The predicted octanol–water partition coefficient (Wildman–Crippen LogP) is 2.44. The highest BCUT2D eigenvalue weighted by Crippen LogP contribution is 2.33. The second-order valence-electron chi connectivity index (χ2n) is 8.28. The monoisotopic (exact) mass is 521 g/mol. The van der Waals surface area contributed by atoms with Gasteiger partial charge in [-0.15, -0.1) is 0 Å². The van der Waals surface area contributed by atoms with E-state index in [1.807, 2.05) is 6.07 Å². The van der Waals surface area contributed by atoms with Crippen molar-refractivity contribution < 1.29 is 28.6 Å². The van der Waals surface area contributed by atoms with Crippen LogP contribution < -0.4 is 9.47 Å². The molecule has 1 aromatic carbocycles. The van der Waals surface area contributed by atoms with Crippen molar-refractivity contribution in [2.75, 3.05) is 59.7 Å². The van der Waals surface area contributed by atoms with Crippen LogP contribution in [0.5, 0.6) is 11.6 Å². The molecule has 0 aliphatic carbocycles. The third-order valence-corrected chi connectivity index (χ3v) is 6.04. The van der Waals surface area contributed by atoms with Crippen LogP contribution in [-0.2, 0) is 9.53 Å². The molecule has 0 unspecified atom stereocenters. The van der Waals surface area contributed by atoms with E-state index in [4.69, 9.17) is 19.7 Å². The minimum Gasteiger partial charge on any atom is -0.494 e. The van der Waals surface area contributed by atoms with Gasteiger partial charge in [-0.25, -0.2) is 4.98 Å². The summed E-state index contributed by atoms with van der Waals surface area (Å²) >= 11 is 0. The number of aromatic nitrogens is 2. The number of H-pyrrole nitrogens is 1. The number of rotatable bonds is 11. The van der Waals surface area contributed by atoms with Gasteiger partial charge >= 0.3 is 0 Å². The summed E-state index contributed by atoms with van der Waals surface area (Å²) in [5, 5.41) is 3.77. The molecule has 3 aromatic rings. The van der Waals surface area contributed by atoms with Crippen LogP contribution in [0.4, 0.5) is 0 Å². The van der Waals surface area contributed by atoms with Crippen LogP contribution in [0.1, 0.15) is 20.7 Å². The Hall–Kier alpha value is -4.61. The van der Waals surface area contributed by atoms with Crippen LogP contribution in [0.15, 0.2) is 47.8 Å². The zero-order valence-corrected chi connectivity index (χ0v) is 20.8. The topological polar surface area (TPSA) is 163 Å². The minimum absolute atomic E-state index is 0.105. The smallest absolute Gasteiger partial charge is 0.295 e. The molecule has 38 heavy (non-hydrogen) atoms. The molecule has 1 fully saturated rings. The lowest BCUT2D eigenvalue weighted by Gasteiger charge is -2.34. The van der Waals surface area contributed by atoms with Crippen LogP contribution in [-0.4, -0.2) is 97.0 Å². The van der Waals surface area contributed by atoms with E-state index >= 15 is 0 Å². The van der Waals surface area contributed by atoms with Gasteiger partial charge in [0.15, 0.2) is 0 Å². The van der Waals surface area contributed by atoms with E-state index in [2.05, 4.69) is 20.0 Å². The molecule has 0 atom stereocenters. The normalized spacial score (nSPS) is 13.2. The van der Waals surface area contributed by atoms with Gasteiger partial charge in [0.25, 0.3) is 17.6 Å². The lowest BCUT2D eigenvalue weighted by molar-refractivity contribution is -0.127. The van der Waals surface area contributed by atoms with Gasteiger partial charge in [0.1, 0.15) is 17.9 Å². The molecule has 0 spiro atoms. The van der Waals surface area contributed by atoms with E-state index in [1.54, 1.807) is 29.2 Å². The van der Waals surface area contributed by atoms with Gasteiger partial charge in [0, 0.05) is 49.4 Å². The average Bonchev–Trinajstić information content (AvgIpc) is 3.42. The number of fused-ring (bicyclic) bond motifs is 1. The van der Waals surface area contributed by atoms with Gasteiger partial charge in [-0.3, -0.25) is 14.4 Å². The number of carbonyl (C=O) groups excluding carboxylic acids is 3. The van der Waals surface area contributed by atoms with Crippen molar-refractivity contribution in [2.24, 2.45) is 5.11 Å². The van der Waals surface area contributed by atoms with E-state index in [0.717, 1.165) is 0 Å². The maximum absolute atomic E-state index is 13.3. The summed E-state index contributed by atoms with van der Waals surface area (Å²) in [6, 6.07) is 8.94. The summed E-state index contributed by atoms with van der Waals surface area (Å²) in [6.45, 7) is 2.04. The maximum Gasteiger partial charge on any atom is 0.295 e. The predicted molar refractivity (Wildman–Crippen MR) is 136 cm³/mol. The zero-order chi connectivity index (χ0) is 26.9. The first-order valence-corrected chi connectivity index (χ1v) is 12.0. The molecule has 1 aliphatic rings. The SMILES string of the molecule is COc1cnc(OCCOCCN=[N+]=[N-])c2[nH]cc(C(=O)C(=O)N3CCN(C(=O)c4ccccc4)CC3)c12. The number of Topliss-reactive ketones (excluding diaryl/α,β-unsaturated/α-hetero) is 1. The van der Waals surface area contributed by atoms with E-state index < -0.39 is 11.7 Å². The molecule has 13 heteroatoms. The summed E-state index contributed by atoms with van der Waals surface area (Å²) < 4.78 is 16.4. The van der Waals surface area contributed by atoms with Gasteiger partial charge in [-0.1, -0.05) is 23.3 Å². The molecule has 1 N–H and O–H groups in total. The van der Waals surface area contributed by atoms with Gasteiger partial charge in [-0.2, -0.15) is 0 Å². The Kier molecular flexibility index (Phi) is 8.75. The summed E-state index contributed by atoms with van der Waals surface area (Å²) in [5.41, 5.74) is 9.41. The first-order valence-electron chi connectivity index (χ1n) is 12.0. The Morgan fingerprint density at radius 2 is 1.82 bits per heavy atom. The van der Waals surface area contributed by atoms with E-state index in [-0.39, 0.29) is 56.8 Å². The highest BCUT2D eigenvalue weighted by molar-refractivity contribution is 6.45. The fourth-order valence-corrected chi connectivity index (χ4v) is 4.12. The minimum atomic E-state index is -0.698. The summed E-state index contributed by atoms with van der Waals surface area (Å²) in [4.78, 5) is 52.1. The molecule has 0 bridgehead atoms. The number of ether oxygens (including phenoxy) is 3. The molecule has 2 amide bonds. The van der Waals surface area contributed by atoms with Gasteiger partial charge in [-0.05, 0) is 17.7 Å². The number of piperazine rings is 1. The number of hydrogen-bond acceptors (Lipinski definition) is 8. The maximum atomic E-state index is 13.3. The van der Waals surface area contributed by atoms with Crippen molar-refractivity contribution in [2.45, 2.75) is 0 Å². The molecule has 0 radical (unpaired) electrons. The van der Waals surface area contributed by atoms with Crippen molar-refractivity contribution in [3.63, 3.8) is 0 Å². The second kappa shape index (κ2) is 12.6. The Labute approximate surface area is 217 Å². The van der Waals surface area contributed by atoms with Gasteiger partial charge in [0.05, 0.1) is 37.5 Å². The van der Waals surface area contributed by atoms with Gasteiger partial charge in [0.2, 0.25) is 5.88 Å². The summed E-state index contributed by atoms with van der Waals surface area (Å²) in [5.74, 6) is -0.928. The Balaban J connectivity index is 1.41. The third-order valence-electron chi connectivity index (χ3n) is 6.04. The van der Waals surface area contributed by atoms with Crippen LogP contribution in [0.2, 0.25) is 0 Å². The van der Waals surface area contributed by atoms with Crippen LogP contribution >= 0.6 is 0 Å². The summed E-state index contributed by atoms with van der Waals surface area (Å²) in [7, 11) is 1.45. The second-order valence-corrected chi connectivity index (χ2v) is 8.28. The highest BCUT2D eigenvalue weighted by Gasteiger charge is 2.31. The lowest BCUT2D eigenvalue weighted by Crippen LogP contribution is -2.52. The Bertz CT molecular complexity index is 1340. The molecule has 3 heterocycles. The number of azide groups is 1. The lowest BCUT2D eigenvalue weighted by atomic mass is 10.1. The largest absolute Gasteiger partial charge is 0.494 e. The fraction of sp³-hybridized carbons (Fsp3) is 0.360. The first-order chi connectivity index (χ1) is 18.5. The average molecular weight is 522 g/mol. The fourth-order valence-electron chi connectivity index (χ4n) is 4.12. The van der Waals surface area contributed by atoms with Gasteiger partial charge < -0.3 is 29.0 Å². The molecule has 13 nitrogen and oxygen atoms in total. The number of hydrogen-bond donors (Lipinski definition) is 1. The third kappa shape index (κ3) is 5.85. The number of carbonyl (C=O) groups is 3. The van der Waals surface area contributed by atoms with Crippen LogP contribution in [0, 0.1) is 0 Å². The number of aromatic amines is 1. The van der Waals surface area contributed by atoms with Crippen molar-refractivity contribution in [3.05, 3.63) is 64.3 Å². The molecule has 198 valence electrons. The molecule has 4 rings (SSSR count). The molecule has 1 saturated heterocycles. The number of pyridine rings is 1. The number of methoxy groups -OCH3 is 1. The number of benzene rings is 1. The number of nitrogens with zero attached hydrogens (tertiary/aromatic N) is 6. The van der Waals surface area contributed by atoms with Crippen molar-refractivity contribution >= 4 is 28.5 Å². The molecular formula is C25H27N7O6. The van der Waals surface area contributed by atoms with Crippen LogP contribution in [0.25, 0.3) is 21.3 Å². The standard InChI is InChI=1S/C25H27N7O6/c1-36-19-16-28-23(38-14-13-37-12-7-29-30-26)21-20(19)18(15-27-21)22(33)25(35)32-10-8-31(9-11-32)24(34)17-5-3-2-4-6-17/h2-6,15-16,27H,7-14H2,1H3. The molecule has 2 aromatic heterocycles. The number of nitrogens with one attached hydrogen (secondary N) is 1. The highest BCUT2D eigenvalue weighted by atomic mass is 16.5. The summed E-state index contributed by atoms with van der Waals surface area (Å²) in [6.07, 6.45) is 2.86. The molecular weight excluding hydrogens is 494 g/mol. The Morgan fingerprint density at radius 3 is 2.53 bits per heavy atom. The molecule has 0 saturated carbocycles. The Morgan fingerprint density at radius 1 is 1.08 bits per heavy atom. The number of ketones is 1. The van der Waals surface area contributed by atoms with E-state index in [9.17, 15) is 14.4 Å².